The molecular formula is C12H13BrO. The van der Waals surface area contributed by atoms with Gasteiger partial charge in [-0.15, -0.1) is 0 Å². The average Bonchev–Trinajstić information content (AvgIpc) is 2.86. The van der Waals surface area contributed by atoms with Gasteiger partial charge < -0.3 is 4.74 Å². The number of benzene rings is 1. The first kappa shape index (κ1) is 8.78. The van der Waals surface area contributed by atoms with Crippen LogP contribution >= 0.6 is 15.9 Å². The number of hydrogen-bond acceptors (Lipinski definition) is 1. The van der Waals surface area contributed by atoms with E-state index in [1.807, 2.05) is 0 Å². The topological polar surface area (TPSA) is 9.23 Å². The van der Waals surface area contributed by atoms with Crippen molar-refractivity contribution in [2.45, 2.75) is 31.1 Å². The zero-order chi connectivity index (χ0) is 9.76. The number of ether oxygens (including phenoxy) is 1. The van der Waals surface area contributed by atoms with Gasteiger partial charge in [-0.1, -0.05) is 6.07 Å². The first-order chi connectivity index (χ1) is 6.77. The highest BCUT2D eigenvalue weighted by atomic mass is 79.9. The van der Waals surface area contributed by atoms with Crippen LogP contribution in [0.5, 0.6) is 5.75 Å². The van der Waals surface area contributed by atoms with Crippen LogP contribution in [0.3, 0.4) is 0 Å². The predicted molar refractivity (Wildman–Crippen MR) is 59.9 cm³/mol. The normalized spacial score (nSPS) is 21.0. The third kappa shape index (κ3) is 1.01. The lowest BCUT2D eigenvalue weighted by Gasteiger charge is -2.11. The highest BCUT2D eigenvalue weighted by molar-refractivity contribution is 9.10. The quantitative estimate of drug-likeness (QED) is 0.745. The van der Waals surface area contributed by atoms with Gasteiger partial charge in [-0.3, -0.25) is 0 Å². The van der Waals surface area contributed by atoms with Gasteiger partial charge in [-0.05, 0) is 64.2 Å². The Morgan fingerprint density at radius 1 is 1.29 bits per heavy atom. The summed E-state index contributed by atoms with van der Waals surface area (Å²) in [5.74, 6) is 0.974. The van der Waals surface area contributed by atoms with Gasteiger partial charge in [0.25, 0.3) is 0 Å². The van der Waals surface area contributed by atoms with Gasteiger partial charge in [0, 0.05) is 0 Å². The van der Waals surface area contributed by atoms with E-state index in [9.17, 15) is 0 Å². The number of hydrogen-bond donors (Lipinski definition) is 0. The number of fused-ring (bicyclic) bond motifs is 2. The van der Waals surface area contributed by atoms with Crippen LogP contribution in [-0.2, 0) is 11.8 Å². The smallest absolute Gasteiger partial charge is 0.133 e. The van der Waals surface area contributed by atoms with Crippen molar-refractivity contribution in [2.24, 2.45) is 0 Å². The molecule has 1 spiro atoms. The largest absolute Gasteiger partial charge is 0.496 e. The first-order valence-corrected chi connectivity index (χ1v) is 5.92. The van der Waals surface area contributed by atoms with Crippen molar-refractivity contribution in [3.05, 3.63) is 27.7 Å². The minimum atomic E-state index is 0.574. The summed E-state index contributed by atoms with van der Waals surface area (Å²) in [6.45, 7) is 0. The van der Waals surface area contributed by atoms with Crippen LogP contribution in [0.25, 0.3) is 0 Å². The summed E-state index contributed by atoms with van der Waals surface area (Å²) in [6.07, 6.45) is 5.33. The molecule has 2 heteroatoms. The van der Waals surface area contributed by atoms with E-state index in [1.165, 1.54) is 35.7 Å². The first-order valence-electron chi connectivity index (χ1n) is 5.13. The maximum Gasteiger partial charge on any atom is 0.133 e. The molecule has 1 saturated carbocycles. The van der Waals surface area contributed by atoms with Crippen molar-refractivity contribution in [2.75, 3.05) is 7.11 Å². The Hall–Kier alpha value is -0.500. The molecule has 0 aliphatic heterocycles. The van der Waals surface area contributed by atoms with E-state index in [0.717, 1.165) is 5.75 Å². The second-order valence-corrected chi connectivity index (χ2v) is 5.18. The van der Waals surface area contributed by atoms with Gasteiger partial charge in [-0.2, -0.15) is 0 Å². The molecule has 1 aromatic carbocycles. The van der Waals surface area contributed by atoms with Crippen molar-refractivity contribution >= 4 is 15.9 Å². The van der Waals surface area contributed by atoms with Gasteiger partial charge >= 0.3 is 0 Å². The Morgan fingerprint density at radius 3 is 2.71 bits per heavy atom. The highest BCUT2D eigenvalue weighted by Gasteiger charge is 2.49. The van der Waals surface area contributed by atoms with Crippen LogP contribution in [-0.4, -0.2) is 7.11 Å². The van der Waals surface area contributed by atoms with Gasteiger partial charge in [-0.25, -0.2) is 0 Å². The SMILES string of the molecule is COc1ccc2c(c1Br)CCC21CC1. The molecule has 0 atom stereocenters. The minimum absolute atomic E-state index is 0.574. The minimum Gasteiger partial charge on any atom is -0.496 e. The van der Waals surface area contributed by atoms with Crippen molar-refractivity contribution in [1.29, 1.82) is 0 Å². The summed E-state index contributed by atoms with van der Waals surface area (Å²) >= 11 is 3.65. The summed E-state index contributed by atoms with van der Waals surface area (Å²) in [4.78, 5) is 0. The van der Waals surface area contributed by atoms with E-state index in [1.54, 1.807) is 12.7 Å². The van der Waals surface area contributed by atoms with Crippen LogP contribution in [0.15, 0.2) is 16.6 Å². The monoisotopic (exact) mass is 252 g/mol. The van der Waals surface area contributed by atoms with E-state index in [2.05, 4.69) is 28.1 Å². The Bertz CT molecular complexity index is 394. The van der Waals surface area contributed by atoms with Crippen molar-refractivity contribution in [3.8, 4) is 5.75 Å². The van der Waals surface area contributed by atoms with Crippen LogP contribution < -0.4 is 4.74 Å². The molecule has 74 valence electrons. The second-order valence-electron chi connectivity index (χ2n) is 4.39. The molecule has 0 bridgehead atoms. The zero-order valence-corrected chi connectivity index (χ0v) is 9.86. The highest BCUT2D eigenvalue weighted by Crippen LogP contribution is 2.58. The Kier molecular flexibility index (Phi) is 1.73. The third-order valence-electron chi connectivity index (χ3n) is 3.71. The van der Waals surface area contributed by atoms with Gasteiger partial charge in [0.2, 0.25) is 0 Å². The molecule has 0 N–H and O–H groups in total. The Labute approximate surface area is 92.6 Å². The van der Waals surface area contributed by atoms with Crippen molar-refractivity contribution in [1.82, 2.24) is 0 Å². The summed E-state index contributed by atoms with van der Waals surface area (Å²) in [7, 11) is 1.73. The molecule has 2 aliphatic rings. The third-order valence-corrected chi connectivity index (χ3v) is 4.58. The maximum atomic E-state index is 5.31. The lowest BCUT2D eigenvalue weighted by molar-refractivity contribution is 0.411. The Morgan fingerprint density at radius 2 is 2.07 bits per heavy atom. The Balaban J connectivity index is 2.17. The molecule has 0 radical (unpaired) electrons. The molecule has 3 rings (SSSR count). The number of halogens is 1. The predicted octanol–water partition coefficient (Wildman–Crippen LogP) is 3.44. The molecule has 1 fully saturated rings. The standard InChI is InChI=1S/C12H13BrO/c1-14-10-3-2-9-8(11(10)13)4-5-12(9)6-7-12/h2-3H,4-7H2,1H3. The lowest BCUT2D eigenvalue weighted by atomic mass is 9.99. The number of methoxy groups -OCH3 is 1. The van der Waals surface area contributed by atoms with Crippen LogP contribution in [0.1, 0.15) is 30.4 Å². The van der Waals surface area contributed by atoms with Gasteiger partial charge in [0.05, 0.1) is 11.6 Å². The summed E-state index contributed by atoms with van der Waals surface area (Å²) in [5, 5.41) is 0. The fourth-order valence-corrected chi connectivity index (χ4v) is 3.37. The fraction of sp³-hybridized carbons (Fsp3) is 0.500. The van der Waals surface area contributed by atoms with Crippen molar-refractivity contribution < 1.29 is 4.74 Å². The molecular weight excluding hydrogens is 240 g/mol. The molecule has 14 heavy (non-hydrogen) atoms. The molecule has 0 unspecified atom stereocenters. The van der Waals surface area contributed by atoms with Gasteiger partial charge in [0.15, 0.2) is 0 Å². The summed E-state index contributed by atoms with van der Waals surface area (Å²) in [6, 6.07) is 4.35. The zero-order valence-electron chi connectivity index (χ0n) is 8.27. The van der Waals surface area contributed by atoms with E-state index in [0.29, 0.717) is 5.41 Å². The molecule has 1 aromatic rings. The van der Waals surface area contributed by atoms with E-state index < -0.39 is 0 Å². The summed E-state index contributed by atoms with van der Waals surface area (Å²) < 4.78 is 6.49. The molecule has 0 aromatic heterocycles. The molecule has 0 amide bonds. The van der Waals surface area contributed by atoms with E-state index >= 15 is 0 Å². The average molecular weight is 253 g/mol. The fourth-order valence-electron chi connectivity index (χ4n) is 2.67. The van der Waals surface area contributed by atoms with E-state index in [-0.39, 0.29) is 0 Å². The maximum absolute atomic E-state index is 5.31. The van der Waals surface area contributed by atoms with Crippen molar-refractivity contribution in [3.63, 3.8) is 0 Å². The molecule has 0 saturated heterocycles. The van der Waals surface area contributed by atoms with Gasteiger partial charge in [0.1, 0.15) is 5.75 Å². The molecule has 1 nitrogen and oxygen atoms in total. The second kappa shape index (κ2) is 2.75. The van der Waals surface area contributed by atoms with Crippen LogP contribution in [0, 0.1) is 0 Å². The molecule has 0 heterocycles. The number of rotatable bonds is 1. The van der Waals surface area contributed by atoms with E-state index in [4.69, 9.17) is 4.74 Å². The summed E-state index contributed by atoms with van der Waals surface area (Å²) in [5.41, 5.74) is 3.64. The van der Waals surface area contributed by atoms with Crippen LogP contribution in [0.4, 0.5) is 0 Å². The van der Waals surface area contributed by atoms with Crippen LogP contribution in [0.2, 0.25) is 0 Å². The molecule has 2 aliphatic carbocycles. The lowest BCUT2D eigenvalue weighted by Crippen LogP contribution is -1.99.